The summed E-state index contributed by atoms with van der Waals surface area (Å²) in [6, 6.07) is 113. The topological polar surface area (TPSA) is 11.4 Å². The minimum Gasteiger partial charge on any atom is -0.310 e. The minimum absolute atomic E-state index is 0.139. The molecule has 0 N–H and O–H groups in total. The second kappa shape index (κ2) is 29.9. The number of aryl methyl sites for hydroxylation is 4. The fraction of sp³-hybridized carbons (Fsp3) is 0.204. The molecule has 0 atom stereocenters. The molecule has 0 spiro atoms. The quantitative estimate of drug-likeness (QED) is 0.0417. The van der Waals surface area contributed by atoms with Gasteiger partial charge in [0.25, 0.3) is 6.71 Å². The van der Waals surface area contributed by atoms with Crippen molar-refractivity contribution in [1.82, 2.24) is 4.57 Å². The van der Waals surface area contributed by atoms with E-state index in [-0.39, 0.29) is 6.71 Å². The molecule has 0 radical (unpaired) electrons. The van der Waals surface area contributed by atoms with E-state index < -0.39 is 0 Å². The predicted octanol–water partition coefficient (Wildman–Crippen LogP) is 25.8. The molecule has 2 aliphatic heterocycles. The van der Waals surface area contributed by atoms with Gasteiger partial charge in [0.2, 0.25) is 0 Å². The number of fused-ring (bicyclic) bond motifs is 7. The van der Waals surface area contributed by atoms with Crippen LogP contribution >= 0.6 is 0 Å². The normalized spacial score (nSPS) is 12.3. The third-order valence-electron chi connectivity index (χ3n) is 21.8. The van der Waals surface area contributed by atoms with Crippen molar-refractivity contribution in [3.63, 3.8) is 0 Å². The number of anilines is 6. The summed E-state index contributed by atoms with van der Waals surface area (Å²) in [5.41, 5.74) is 34.6. The molecule has 0 unspecified atom stereocenters. The lowest BCUT2D eigenvalue weighted by atomic mass is 9.33. The Kier molecular flexibility index (Phi) is 19.3. The third kappa shape index (κ3) is 12.8. The molecule has 4 heteroatoms. The van der Waals surface area contributed by atoms with E-state index in [0.29, 0.717) is 0 Å². The van der Waals surface area contributed by atoms with Crippen LogP contribution < -0.4 is 26.2 Å². The van der Waals surface area contributed by atoms with Crippen LogP contribution in [-0.2, 0) is 25.7 Å². The average molecular weight is 1320 g/mol. The number of benzene rings is 13. The van der Waals surface area contributed by atoms with E-state index >= 15 is 0 Å². The van der Waals surface area contributed by atoms with Gasteiger partial charge in [-0.1, -0.05) is 291 Å². The molecule has 13 aromatic carbocycles. The van der Waals surface area contributed by atoms with Crippen LogP contribution in [0, 0.1) is 0 Å². The maximum atomic E-state index is 2.78. The molecule has 2 aliphatic rings. The third-order valence-corrected chi connectivity index (χ3v) is 21.8. The Balaban J connectivity index is 1.06. The highest BCUT2D eigenvalue weighted by molar-refractivity contribution is 7.00. The van der Waals surface area contributed by atoms with Gasteiger partial charge < -0.3 is 14.4 Å². The summed E-state index contributed by atoms with van der Waals surface area (Å²) in [5, 5.41) is 2.68. The summed E-state index contributed by atoms with van der Waals surface area (Å²) < 4.78 is 2.61. The Labute approximate surface area is 605 Å². The van der Waals surface area contributed by atoms with Crippen molar-refractivity contribution in [2.75, 3.05) is 9.80 Å². The fourth-order valence-corrected chi connectivity index (χ4v) is 16.7. The summed E-state index contributed by atoms with van der Waals surface area (Å²) in [6.07, 6.45) is 18.3. The Morgan fingerprint density at radius 1 is 0.255 bits per heavy atom. The van der Waals surface area contributed by atoms with Gasteiger partial charge in [-0.3, -0.25) is 0 Å². The van der Waals surface area contributed by atoms with Crippen molar-refractivity contribution in [3.05, 3.63) is 313 Å². The van der Waals surface area contributed by atoms with Gasteiger partial charge in [-0.25, -0.2) is 0 Å². The van der Waals surface area contributed by atoms with Gasteiger partial charge in [-0.15, -0.1) is 0 Å². The van der Waals surface area contributed by atoms with Crippen molar-refractivity contribution in [3.8, 4) is 72.4 Å². The fourth-order valence-electron chi connectivity index (χ4n) is 16.7. The van der Waals surface area contributed by atoms with Crippen LogP contribution in [0.2, 0.25) is 0 Å². The number of rotatable bonds is 25. The number of nitrogens with zero attached hydrogens (tertiary/aromatic N) is 3. The molecule has 502 valence electrons. The first-order chi connectivity index (χ1) is 50.5. The molecule has 3 heterocycles. The highest BCUT2D eigenvalue weighted by atomic mass is 15.2. The van der Waals surface area contributed by atoms with Crippen LogP contribution in [0.5, 0.6) is 0 Å². The van der Waals surface area contributed by atoms with Crippen molar-refractivity contribution in [2.24, 2.45) is 0 Å². The van der Waals surface area contributed by atoms with E-state index in [9.17, 15) is 0 Å². The van der Waals surface area contributed by atoms with Crippen molar-refractivity contribution in [1.29, 1.82) is 0 Å². The molecular formula is C98H92BN3. The van der Waals surface area contributed by atoms with Crippen LogP contribution in [0.15, 0.2) is 291 Å². The maximum Gasteiger partial charge on any atom is 0.252 e. The van der Waals surface area contributed by atoms with Gasteiger partial charge in [0.05, 0.1) is 22.4 Å². The Morgan fingerprint density at radius 2 is 0.608 bits per heavy atom. The first-order valence-corrected chi connectivity index (χ1v) is 38.3. The monoisotopic (exact) mass is 1320 g/mol. The van der Waals surface area contributed by atoms with Crippen LogP contribution in [-0.4, -0.2) is 11.3 Å². The summed E-state index contributed by atoms with van der Waals surface area (Å²) in [7, 11) is 0. The molecule has 0 amide bonds. The molecule has 102 heavy (non-hydrogen) atoms. The lowest BCUT2D eigenvalue weighted by Gasteiger charge is -2.46. The Hall–Kier alpha value is -10.7. The molecule has 0 fully saturated rings. The standard InChI is InChI=1S/C98H92BN3/c1-5-9-19-35-69-51-56-90-86(59-69)87-60-70(36-20-10-6-2)52-57-91(87)100(90)81-54-55-88-93(68-81)102(98-84(77-47-31-17-32-48-77)66-80(74-41-25-14-26-42-74)67-85(98)78-49-33-18-34-50-78)95-63-72(38-22-12-8-4)62-94-96(95)99(88)89-61-71(37-21-11-7-3)53-58-92(89)101(94)97-82(75-43-27-15-28-44-75)64-79(73-39-23-13-24-40-73)65-83(97)76-45-29-16-30-46-76/h13-18,23-34,39-68H,5-12,19-22,35-38H2,1-4H3. The molecule has 16 rings (SSSR count). The van der Waals surface area contributed by atoms with Crippen molar-refractivity contribution >= 4 is 79.0 Å². The SMILES string of the molecule is CCCCCc1ccc2c(c1)B1c3ccc(-n4c5ccc(CCCCC)cc5c5cc(CCCCC)ccc54)cc3N(c3c(-c4ccccc4)cc(-c4ccccc4)cc3-c3ccccc3)c3cc(CCCCC)cc(c31)N2c1c(-c2ccccc2)cc(-c2ccccc2)cc1-c1ccccc1. The molecule has 3 nitrogen and oxygen atoms in total. The van der Waals surface area contributed by atoms with Gasteiger partial charge in [-0.05, 0) is 213 Å². The second-order valence-electron chi connectivity index (χ2n) is 28.7. The summed E-state index contributed by atoms with van der Waals surface area (Å²) in [6.45, 7) is 9.16. The number of unbranched alkanes of at least 4 members (excludes halogenated alkanes) is 8. The predicted molar refractivity (Wildman–Crippen MR) is 440 cm³/mol. The lowest BCUT2D eigenvalue weighted by molar-refractivity contribution is 0.717. The first kappa shape index (κ1) is 65.9. The van der Waals surface area contributed by atoms with Crippen LogP contribution in [0.4, 0.5) is 34.1 Å². The van der Waals surface area contributed by atoms with Crippen LogP contribution in [0.25, 0.3) is 94.3 Å². The van der Waals surface area contributed by atoms with E-state index in [1.165, 1.54) is 213 Å². The summed E-state index contributed by atoms with van der Waals surface area (Å²) >= 11 is 0. The smallest absolute Gasteiger partial charge is 0.252 e. The van der Waals surface area contributed by atoms with Gasteiger partial charge in [0.15, 0.2) is 0 Å². The minimum atomic E-state index is -0.139. The van der Waals surface area contributed by atoms with E-state index in [2.05, 4.69) is 333 Å². The van der Waals surface area contributed by atoms with E-state index in [1.807, 2.05) is 0 Å². The molecule has 0 saturated carbocycles. The Bertz CT molecular complexity index is 5080. The van der Waals surface area contributed by atoms with Crippen LogP contribution in [0.1, 0.15) is 127 Å². The highest BCUT2D eigenvalue weighted by Crippen LogP contribution is 2.55. The average Bonchev–Trinajstić information content (AvgIpc) is 0.879. The first-order valence-electron chi connectivity index (χ1n) is 38.3. The van der Waals surface area contributed by atoms with Gasteiger partial charge >= 0.3 is 0 Å². The zero-order valence-corrected chi connectivity index (χ0v) is 59.9. The van der Waals surface area contributed by atoms with E-state index in [1.54, 1.807) is 0 Å². The van der Waals surface area contributed by atoms with Gasteiger partial charge in [0, 0.05) is 61.5 Å². The molecule has 0 bridgehead atoms. The Morgan fingerprint density at radius 3 is 1.00 bits per heavy atom. The van der Waals surface area contributed by atoms with Crippen molar-refractivity contribution < 1.29 is 0 Å². The molecule has 0 aliphatic carbocycles. The lowest BCUT2D eigenvalue weighted by Crippen LogP contribution is -2.61. The number of hydrogen-bond donors (Lipinski definition) is 0. The van der Waals surface area contributed by atoms with Crippen LogP contribution in [0.3, 0.4) is 0 Å². The van der Waals surface area contributed by atoms with E-state index in [0.717, 1.165) is 57.1 Å². The zero-order chi connectivity index (χ0) is 68.9. The molecular weight excluding hydrogens is 1230 g/mol. The summed E-state index contributed by atoms with van der Waals surface area (Å²) in [4.78, 5) is 5.53. The molecule has 0 saturated heterocycles. The van der Waals surface area contributed by atoms with Gasteiger partial charge in [0.1, 0.15) is 0 Å². The number of aromatic nitrogens is 1. The molecule has 1 aromatic heterocycles. The number of hydrogen-bond acceptors (Lipinski definition) is 2. The molecule has 14 aromatic rings. The largest absolute Gasteiger partial charge is 0.310 e. The zero-order valence-electron chi connectivity index (χ0n) is 59.9. The highest BCUT2D eigenvalue weighted by Gasteiger charge is 2.46. The van der Waals surface area contributed by atoms with E-state index in [4.69, 9.17) is 0 Å². The second-order valence-corrected chi connectivity index (χ2v) is 28.7. The van der Waals surface area contributed by atoms with Crippen molar-refractivity contribution in [2.45, 2.75) is 130 Å². The van der Waals surface area contributed by atoms with Gasteiger partial charge in [-0.2, -0.15) is 0 Å². The summed E-state index contributed by atoms with van der Waals surface area (Å²) in [5.74, 6) is 0. The maximum absolute atomic E-state index is 2.78.